The SMILES string of the molecule is CCc1cc2c(N(C)Cc3c[nH]c(C)c(OC)c3=O)ncnc2s1. The number of H-pyrrole nitrogens is 1. The van der Waals surface area contributed by atoms with Gasteiger partial charge in [0.05, 0.1) is 18.2 Å². The first-order valence-electron chi connectivity index (χ1n) is 7.74. The summed E-state index contributed by atoms with van der Waals surface area (Å²) in [7, 11) is 3.44. The third-order valence-electron chi connectivity index (χ3n) is 3.98. The summed E-state index contributed by atoms with van der Waals surface area (Å²) in [6, 6.07) is 2.13. The van der Waals surface area contributed by atoms with Crippen LogP contribution in [-0.4, -0.2) is 29.1 Å². The highest BCUT2D eigenvalue weighted by atomic mass is 32.1. The largest absolute Gasteiger partial charge is 0.491 e. The van der Waals surface area contributed by atoms with Crippen LogP contribution >= 0.6 is 11.3 Å². The van der Waals surface area contributed by atoms with Gasteiger partial charge in [0.2, 0.25) is 5.43 Å². The molecule has 0 aliphatic heterocycles. The fourth-order valence-electron chi connectivity index (χ4n) is 2.71. The van der Waals surface area contributed by atoms with Crippen molar-refractivity contribution >= 4 is 27.4 Å². The van der Waals surface area contributed by atoms with Gasteiger partial charge in [0.15, 0.2) is 5.75 Å². The molecule has 3 aromatic rings. The van der Waals surface area contributed by atoms with E-state index in [-0.39, 0.29) is 5.43 Å². The van der Waals surface area contributed by atoms with Gasteiger partial charge in [0.25, 0.3) is 0 Å². The van der Waals surface area contributed by atoms with Crippen molar-refractivity contribution in [2.45, 2.75) is 26.8 Å². The third-order valence-corrected chi connectivity index (χ3v) is 5.17. The third kappa shape index (κ3) is 2.87. The molecule has 1 N–H and O–H groups in total. The molecule has 3 heterocycles. The number of anilines is 1. The van der Waals surface area contributed by atoms with Crippen LogP contribution in [0.1, 0.15) is 23.1 Å². The van der Waals surface area contributed by atoms with Crippen LogP contribution in [0.2, 0.25) is 0 Å². The fourth-order valence-corrected chi connectivity index (χ4v) is 3.64. The number of nitrogens with one attached hydrogen (secondary N) is 1. The predicted octanol–water partition coefficient (Wildman–Crippen LogP) is 2.90. The molecule has 0 aliphatic rings. The van der Waals surface area contributed by atoms with Crippen molar-refractivity contribution in [3.8, 4) is 5.75 Å². The lowest BCUT2D eigenvalue weighted by atomic mass is 10.2. The quantitative estimate of drug-likeness (QED) is 0.770. The van der Waals surface area contributed by atoms with Gasteiger partial charge in [-0.1, -0.05) is 6.92 Å². The smallest absolute Gasteiger partial charge is 0.228 e. The molecule has 0 amide bonds. The molecule has 0 aliphatic carbocycles. The topological polar surface area (TPSA) is 71.1 Å². The van der Waals surface area contributed by atoms with E-state index in [4.69, 9.17) is 4.74 Å². The molecule has 0 spiro atoms. The van der Waals surface area contributed by atoms with Crippen LogP contribution in [0.5, 0.6) is 5.75 Å². The zero-order chi connectivity index (χ0) is 17.3. The van der Waals surface area contributed by atoms with E-state index >= 15 is 0 Å². The van der Waals surface area contributed by atoms with Gasteiger partial charge in [-0.25, -0.2) is 9.97 Å². The Morgan fingerprint density at radius 2 is 2.17 bits per heavy atom. The van der Waals surface area contributed by atoms with Crippen LogP contribution in [0.15, 0.2) is 23.4 Å². The first-order valence-corrected chi connectivity index (χ1v) is 8.56. The molecule has 0 aromatic carbocycles. The Morgan fingerprint density at radius 1 is 1.38 bits per heavy atom. The summed E-state index contributed by atoms with van der Waals surface area (Å²) in [5.41, 5.74) is 1.27. The summed E-state index contributed by atoms with van der Waals surface area (Å²) >= 11 is 1.68. The van der Waals surface area contributed by atoms with Crippen molar-refractivity contribution in [3.63, 3.8) is 0 Å². The van der Waals surface area contributed by atoms with Gasteiger partial charge in [-0.15, -0.1) is 11.3 Å². The summed E-state index contributed by atoms with van der Waals surface area (Å²) in [6.07, 6.45) is 4.28. The predicted molar refractivity (Wildman–Crippen MR) is 97.3 cm³/mol. The van der Waals surface area contributed by atoms with Crippen LogP contribution in [0.3, 0.4) is 0 Å². The number of thiophene rings is 1. The first kappa shape index (κ1) is 16.4. The van der Waals surface area contributed by atoms with E-state index in [0.29, 0.717) is 17.9 Å². The van der Waals surface area contributed by atoms with Gasteiger partial charge in [0.1, 0.15) is 17.0 Å². The summed E-state index contributed by atoms with van der Waals surface area (Å²) in [5, 5.41) is 1.03. The van der Waals surface area contributed by atoms with E-state index < -0.39 is 0 Å². The molecular weight excluding hydrogens is 324 g/mol. The number of aromatic amines is 1. The second-order valence-corrected chi connectivity index (χ2v) is 6.75. The van der Waals surface area contributed by atoms with Gasteiger partial charge in [0, 0.05) is 30.2 Å². The van der Waals surface area contributed by atoms with E-state index in [2.05, 4.69) is 27.9 Å². The second kappa shape index (κ2) is 6.60. The highest BCUT2D eigenvalue weighted by Gasteiger charge is 2.15. The van der Waals surface area contributed by atoms with E-state index in [9.17, 15) is 4.79 Å². The van der Waals surface area contributed by atoms with E-state index in [1.165, 1.54) is 12.0 Å². The molecule has 24 heavy (non-hydrogen) atoms. The second-order valence-electron chi connectivity index (χ2n) is 5.64. The van der Waals surface area contributed by atoms with E-state index in [0.717, 1.165) is 28.1 Å². The minimum atomic E-state index is -0.0922. The van der Waals surface area contributed by atoms with Gasteiger partial charge in [-0.3, -0.25) is 4.79 Å². The van der Waals surface area contributed by atoms with Crippen molar-refractivity contribution in [2.75, 3.05) is 19.1 Å². The maximum Gasteiger partial charge on any atom is 0.228 e. The Kier molecular flexibility index (Phi) is 4.53. The number of fused-ring (bicyclic) bond motifs is 1. The van der Waals surface area contributed by atoms with Crippen molar-refractivity contribution in [2.24, 2.45) is 0 Å². The molecule has 6 nitrogen and oxygen atoms in total. The normalized spacial score (nSPS) is 11.0. The minimum absolute atomic E-state index is 0.0922. The Morgan fingerprint density at radius 3 is 2.88 bits per heavy atom. The van der Waals surface area contributed by atoms with E-state index in [1.807, 2.05) is 18.9 Å². The van der Waals surface area contributed by atoms with Gasteiger partial charge in [-0.05, 0) is 19.4 Å². The molecular formula is C17H20N4O2S. The summed E-state index contributed by atoms with van der Waals surface area (Å²) in [5.74, 6) is 1.19. The maximum atomic E-state index is 12.5. The average molecular weight is 344 g/mol. The molecule has 0 saturated heterocycles. The standard InChI is InChI=1S/C17H20N4O2S/c1-5-12-6-13-16(19-9-20-17(13)24-12)21(3)8-11-7-18-10(2)15(23-4)14(11)22/h6-7,9H,5,8H2,1-4H3,(H,18,22). The molecule has 0 fully saturated rings. The van der Waals surface area contributed by atoms with Gasteiger partial charge >= 0.3 is 0 Å². The van der Waals surface area contributed by atoms with Gasteiger partial charge in [-0.2, -0.15) is 0 Å². The number of hydrogen-bond donors (Lipinski definition) is 1. The van der Waals surface area contributed by atoms with Crippen molar-refractivity contribution < 1.29 is 4.74 Å². The zero-order valence-electron chi connectivity index (χ0n) is 14.2. The lowest BCUT2D eigenvalue weighted by Gasteiger charge is -2.19. The Labute approximate surface area is 144 Å². The van der Waals surface area contributed by atoms with Crippen LogP contribution in [0.25, 0.3) is 10.2 Å². The Hall–Kier alpha value is -2.41. The molecule has 0 radical (unpaired) electrons. The van der Waals surface area contributed by atoms with Crippen LogP contribution in [0, 0.1) is 6.92 Å². The number of methoxy groups -OCH3 is 1. The van der Waals surface area contributed by atoms with Gasteiger partial charge < -0.3 is 14.6 Å². The number of hydrogen-bond acceptors (Lipinski definition) is 6. The highest BCUT2D eigenvalue weighted by Crippen LogP contribution is 2.30. The Balaban J connectivity index is 1.98. The highest BCUT2D eigenvalue weighted by molar-refractivity contribution is 7.18. The number of aryl methyl sites for hydroxylation is 2. The Bertz CT molecular complexity index is 932. The monoisotopic (exact) mass is 344 g/mol. The molecule has 0 atom stereocenters. The minimum Gasteiger partial charge on any atom is -0.491 e. The van der Waals surface area contributed by atoms with Crippen molar-refractivity contribution in [1.82, 2.24) is 15.0 Å². The van der Waals surface area contributed by atoms with Crippen LogP contribution in [-0.2, 0) is 13.0 Å². The summed E-state index contributed by atoms with van der Waals surface area (Å²) in [4.78, 5) is 28.6. The summed E-state index contributed by atoms with van der Waals surface area (Å²) < 4.78 is 5.21. The molecule has 3 aromatic heterocycles. The number of nitrogens with zero attached hydrogens (tertiary/aromatic N) is 3. The van der Waals surface area contributed by atoms with Crippen LogP contribution < -0.4 is 15.1 Å². The van der Waals surface area contributed by atoms with Crippen molar-refractivity contribution in [1.29, 1.82) is 0 Å². The maximum absolute atomic E-state index is 12.5. The zero-order valence-corrected chi connectivity index (χ0v) is 15.0. The molecule has 126 valence electrons. The van der Waals surface area contributed by atoms with Crippen molar-refractivity contribution in [3.05, 3.63) is 44.9 Å². The average Bonchev–Trinajstić information content (AvgIpc) is 3.01. The fraction of sp³-hybridized carbons (Fsp3) is 0.353. The molecule has 3 rings (SSSR count). The number of pyridine rings is 1. The number of aromatic nitrogens is 3. The first-order chi connectivity index (χ1) is 11.5. The summed E-state index contributed by atoms with van der Waals surface area (Å²) in [6.45, 7) is 4.38. The van der Waals surface area contributed by atoms with E-state index in [1.54, 1.807) is 23.9 Å². The van der Waals surface area contributed by atoms with Crippen LogP contribution in [0.4, 0.5) is 5.82 Å². The number of rotatable bonds is 5. The molecule has 7 heteroatoms. The molecule has 0 saturated carbocycles. The lowest BCUT2D eigenvalue weighted by Crippen LogP contribution is -2.24. The number of ether oxygens (including phenoxy) is 1. The lowest BCUT2D eigenvalue weighted by molar-refractivity contribution is 0.404. The molecule has 0 unspecified atom stereocenters. The molecule has 0 bridgehead atoms.